The molecule has 0 spiro atoms. The number of hydrogen-bond acceptors (Lipinski definition) is 4. The van der Waals surface area contributed by atoms with Crippen molar-refractivity contribution < 1.29 is 9.53 Å². The first-order valence-electron chi connectivity index (χ1n) is 10.8. The molecule has 2 saturated heterocycles. The molecule has 0 aromatic carbocycles. The first kappa shape index (κ1) is 21.8. The Hall–Kier alpha value is -1.50. The molecule has 0 aliphatic carbocycles. The minimum absolute atomic E-state index is 0.189. The van der Waals surface area contributed by atoms with Crippen LogP contribution in [0.1, 0.15) is 52.9 Å². The van der Waals surface area contributed by atoms with Crippen LogP contribution in [0.25, 0.3) is 0 Å². The van der Waals surface area contributed by atoms with Crippen molar-refractivity contribution in [3.8, 4) is 0 Å². The van der Waals surface area contributed by atoms with Crippen LogP contribution < -0.4 is 10.6 Å². The van der Waals surface area contributed by atoms with Crippen molar-refractivity contribution in [3.63, 3.8) is 0 Å². The molecule has 2 heterocycles. The molecule has 2 aliphatic heterocycles. The van der Waals surface area contributed by atoms with Crippen molar-refractivity contribution in [3.05, 3.63) is 0 Å². The van der Waals surface area contributed by atoms with Crippen LogP contribution in [0.2, 0.25) is 0 Å². The second-order valence-corrected chi connectivity index (χ2v) is 7.61. The van der Waals surface area contributed by atoms with Crippen LogP contribution in [0.5, 0.6) is 0 Å². The van der Waals surface area contributed by atoms with Crippen LogP contribution in [0, 0.1) is 5.92 Å². The second-order valence-electron chi connectivity index (χ2n) is 7.61. The number of piperidine rings is 2. The summed E-state index contributed by atoms with van der Waals surface area (Å²) in [7, 11) is 0. The molecule has 0 atom stereocenters. The van der Waals surface area contributed by atoms with E-state index >= 15 is 0 Å². The largest absolute Gasteiger partial charge is 0.450 e. The molecule has 2 aliphatic rings. The number of nitrogens with one attached hydrogen (secondary N) is 2. The Balaban J connectivity index is 1.75. The molecule has 0 bridgehead atoms. The monoisotopic (exact) mass is 381 g/mol. The highest BCUT2D eigenvalue weighted by Gasteiger charge is 2.24. The molecule has 7 nitrogen and oxygen atoms in total. The predicted octanol–water partition coefficient (Wildman–Crippen LogP) is 2.28. The summed E-state index contributed by atoms with van der Waals surface area (Å²) in [4.78, 5) is 21.0. The van der Waals surface area contributed by atoms with E-state index in [1.807, 2.05) is 6.92 Å². The van der Waals surface area contributed by atoms with E-state index in [0.29, 0.717) is 18.6 Å². The molecule has 0 aromatic heterocycles. The summed E-state index contributed by atoms with van der Waals surface area (Å²) >= 11 is 0. The van der Waals surface area contributed by atoms with Gasteiger partial charge in [0.15, 0.2) is 5.96 Å². The summed E-state index contributed by atoms with van der Waals surface area (Å²) in [5.74, 6) is 1.61. The van der Waals surface area contributed by atoms with E-state index in [9.17, 15) is 4.79 Å². The van der Waals surface area contributed by atoms with Crippen LogP contribution in [0.4, 0.5) is 4.79 Å². The zero-order valence-corrected chi connectivity index (χ0v) is 17.5. The zero-order chi connectivity index (χ0) is 19.5. The van der Waals surface area contributed by atoms with E-state index in [1.54, 1.807) is 4.90 Å². The molecule has 0 unspecified atom stereocenters. The number of amides is 1. The fourth-order valence-corrected chi connectivity index (χ4v) is 3.86. The SMILES string of the molecule is CCCN1CCC(CN=C(NCC)NC2CCN(C(=O)OCC)CC2)CC1. The van der Waals surface area contributed by atoms with Gasteiger partial charge in [0.25, 0.3) is 0 Å². The summed E-state index contributed by atoms with van der Waals surface area (Å²) in [5.41, 5.74) is 0. The van der Waals surface area contributed by atoms with E-state index in [1.165, 1.54) is 38.9 Å². The lowest BCUT2D eigenvalue weighted by molar-refractivity contribution is 0.0963. The summed E-state index contributed by atoms with van der Waals surface area (Å²) in [6.45, 7) is 13.5. The second kappa shape index (κ2) is 12.1. The molecule has 0 saturated carbocycles. The lowest BCUT2D eigenvalue weighted by Crippen LogP contribution is -2.50. The summed E-state index contributed by atoms with van der Waals surface area (Å²) in [6, 6.07) is 0.361. The fourth-order valence-electron chi connectivity index (χ4n) is 3.86. The van der Waals surface area contributed by atoms with Gasteiger partial charge in [0.1, 0.15) is 0 Å². The highest BCUT2D eigenvalue weighted by Crippen LogP contribution is 2.17. The van der Waals surface area contributed by atoms with Gasteiger partial charge in [0.05, 0.1) is 6.61 Å². The van der Waals surface area contributed by atoms with Crippen LogP contribution in [-0.4, -0.2) is 80.3 Å². The maximum Gasteiger partial charge on any atom is 0.409 e. The van der Waals surface area contributed by atoms with Gasteiger partial charge in [-0.1, -0.05) is 6.92 Å². The van der Waals surface area contributed by atoms with E-state index in [0.717, 1.165) is 45.0 Å². The highest BCUT2D eigenvalue weighted by atomic mass is 16.6. The Bertz CT molecular complexity index is 455. The molecule has 1 amide bonds. The number of likely N-dealkylation sites (tertiary alicyclic amines) is 2. The maximum atomic E-state index is 11.8. The number of guanidine groups is 1. The molecule has 156 valence electrons. The molecule has 2 fully saturated rings. The lowest BCUT2D eigenvalue weighted by Gasteiger charge is -2.33. The average molecular weight is 382 g/mol. The third kappa shape index (κ3) is 7.56. The highest BCUT2D eigenvalue weighted by molar-refractivity contribution is 5.80. The first-order valence-corrected chi connectivity index (χ1v) is 10.8. The van der Waals surface area contributed by atoms with Gasteiger partial charge >= 0.3 is 6.09 Å². The van der Waals surface area contributed by atoms with Gasteiger partial charge in [-0.15, -0.1) is 0 Å². The molecule has 0 radical (unpaired) electrons. The number of carbonyl (C=O) groups is 1. The summed E-state index contributed by atoms with van der Waals surface area (Å²) in [5, 5.41) is 6.94. The van der Waals surface area contributed by atoms with E-state index in [4.69, 9.17) is 9.73 Å². The van der Waals surface area contributed by atoms with Gasteiger partial charge in [0.2, 0.25) is 0 Å². The number of hydrogen-bond donors (Lipinski definition) is 2. The Labute approximate surface area is 164 Å². The molecule has 27 heavy (non-hydrogen) atoms. The topological polar surface area (TPSA) is 69.2 Å². The van der Waals surface area contributed by atoms with Crippen LogP contribution >= 0.6 is 0 Å². The molecule has 2 rings (SSSR count). The number of carbonyl (C=O) groups excluding carboxylic acids is 1. The molecular weight excluding hydrogens is 342 g/mol. The fraction of sp³-hybridized carbons (Fsp3) is 0.900. The molecule has 2 N–H and O–H groups in total. The average Bonchev–Trinajstić information content (AvgIpc) is 2.68. The first-order chi connectivity index (χ1) is 13.2. The summed E-state index contributed by atoms with van der Waals surface area (Å²) < 4.78 is 5.09. The van der Waals surface area contributed by atoms with E-state index < -0.39 is 0 Å². The van der Waals surface area contributed by atoms with Crippen molar-refractivity contribution in [2.24, 2.45) is 10.9 Å². The number of aliphatic imine (C=N–C) groups is 1. The van der Waals surface area contributed by atoms with E-state index in [-0.39, 0.29) is 6.09 Å². The Morgan fingerprint density at radius 2 is 1.78 bits per heavy atom. The van der Waals surface area contributed by atoms with Gasteiger partial charge in [-0.05, 0) is 71.5 Å². The quantitative estimate of drug-likeness (QED) is 0.523. The molecule has 0 aromatic rings. The van der Waals surface area contributed by atoms with Crippen molar-refractivity contribution in [2.75, 3.05) is 52.4 Å². The Morgan fingerprint density at radius 3 is 2.37 bits per heavy atom. The van der Waals surface area contributed by atoms with Crippen molar-refractivity contribution >= 4 is 12.1 Å². The normalized spacial score (nSPS) is 20.6. The summed E-state index contributed by atoms with van der Waals surface area (Å²) in [6.07, 6.45) is 5.41. The maximum absolute atomic E-state index is 11.8. The van der Waals surface area contributed by atoms with Gasteiger partial charge < -0.3 is 25.2 Å². The Kier molecular flexibility index (Phi) is 9.73. The van der Waals surface area contributed by atoms with Gasteiger partial charge in [-0.2, -0.15) is 0 Å². The van der Waals surface area contributed by atoms with Crippen molar-refractivity contribution in [2.45, 2.75) is 58.9 Å². The molecule has 7 heteroatoms. The zero-order valence-electron chi connectivity index (χ0n) is 17.5. The van der Waals surface area contributed by atoms with Crippen LogP contribution in [-0.2, 0) is 4.74 Å². The van der Waals surface area contributed by atoms with Crippen LogP contribution in [0.3, 0.4) is 0 Å². The number of ether oxygens (including phenoxy) is 1. The Morgan fingerprint density at radius 1 is 1.07 bits per heavy atom. The smallest absolute Gasteiger partial charge is 0.409 e. The molecular formula is C20H39N5O2. The van der Waals surface area contributed by atoms with Gasteiger partial charge in [0, 0.05) is 32.2 Å². The van der Waals surface area contributed by atoms with Crippen LogP contribution in [0.15, 0.2) is 4.99 Å². The standard InChI is InChI=1S/C20H39N5O2/c1-4-11-24-12-7-17(8-13-24)16-22-19(21-5-2)23-18-9-14-25(15-10-18)20(26)27-6-3/h17-18H,4-16H2,1-3H3,(H2,21,22,23). The van der Waals surface area contributed by atoms with Gasteiger partial charge in [-0.25, -0.2) is 4.79 Å². The lowest BCUT2D eigenvalue weighted by atomic mass is 9.97. The minimum atomic E-state index is -0.189. The van der Waals surface area contributed by atoms with Gasteiger partial charge in [-0.3, -0.25) is 4.99 Å². The van der Waals surface area contributed by atoms with Crippen molar-refractivity contribution in [1.82, 2.24) is 20.4 Å². The third-order valence-electron chi connectivity index (χ3n) is 5.46. The van der Waals surface area contributed by atoms with E-state index in [2.05, 4.69) is 29.4 Å². The third-order valence-corrected chi connectivity index (χ3v) is 5.46. The number of nitrogens with zero attached hydrogens (tertiary/aromatic N) is 3. The predicted molar refractivity (Wildman–Crippen MR) is 110 cm³/mol. The number of rotatable bonds is 7. The minimum Gasteiger partial charge on any atom is -0.450 e. The van der Waals surface area contributed by atoms with Crippen molar-refractivity contribution in [1.29, 1.82) is 0 Å².